The molecule has 0 unspecified atom stereocenters. The normalized spacial score (nSPS) is 10.1. The number of hydrogen-bond donors (Lipinski definition) is 1. The molecule has 0 radical (unpaired) electrons. The summed E-state index contributed by atoms with van der Waals surface area (Å²) in [6.45, 7) is 4.18. The third kappa shape index (κ3) is 3.19. The monoisotopic (exact) mass is 257 g/mol. The molecule has 0 aliphatic heterocycles. The molecule has 3 nitrogen and oxygen atoms in total. The second kappa shape index (κ2) is 5.65. The summed E-state index contributed by atoms with van der Waals surface area (Å²) in [5.41, 5.74) is 4.50. The van der Waals surface area contributed by atoms with Crippen molar-refractivity contribution in [3.05, 3.63) is 47.5 Å². The lowest BCUT2D eigenvalue weighted by Crippen LogP contribution is -1.95. The fourth-order valence-corrected chi connectivity index (χ4v) is 1.99. The Morgan fingerprint density at radius 2 is 1.47 bits per heavy atom. The molecule has 2 rings (SSSR count). The lowest BCUT2D eigenvalue weighted by Gasteiger charge is -2.13. The van der Waals surface area contributed by atoms with Gasteiger partial charge in [0, 0.05) is 29.6 Å². The Morgan fingerprint density at radius 3 is 2.00 bits per heavy atom. The van der Waals surface area contributed by atoms with Crippen molar-refractivity contribution in [3.63, 3.8) is 0 Å². The van der Waals surface area contributed by atoms with Crippen molar-refractivity contribution < 1.29 is 9.47 Å². The average Bonchev–Trinajstić information content (AvgIpc) is 2.41. The third-order valence-corrected chi connectivity index (χ3v) is 3.01. The molecule has 0 spiro atoms. The van der Waals surface area contributed by atoms with E-state index in [4.69, 9.17) is 9.47 Å². The Kier molecular flexibility index (Phi) is 3.95. The number of anilines is 2. The SMILES string of the molecule is COc1cc(Nc2ccc(C)cc2C)cc(OC)c1. The molecule has 0 saturated heterocycles. The van der Waals surface area contributed by atoms with E-state index in [1.165, 1.54) is 11.1 Å². The lowest BCUT2D eigenvalue weighted by atomic mass is 10.1. The van der Waals surface area contributed by atoms with E-state index >= 15 is 0 Å². The Balaban J connectivity index is 2.31. The molecule has 0 fully saturated rings. The molecular formula is C16H19NO2. The van der Waals surface area contributed by atoms with E-state index in [1.54, 1.807) is 14.2 Å². The maximum absolute atomic E-state index is 5.26. The van der Waals surface area contributed by atoms with E-state index in [-0.39, 0.29) is 0 Å². The van der Waals surface area contributed by atoms with E-state index in [2.05, 4.69) is 37.4 Å². The molecular weight excluding hydrogens is 238 g/mol. The van der Waals surface area contributed by atoms with Gasteiger partial charge in [-0.2, -0.15) is 0 Å². The number of aryl methyl sites for hydroxylation is 2. The standard InChI is InChI=1S/C16H19NO2/c1-11-5-6-16(12(2)7-11)17-13-8-14(18-3)10-15(9-13)19-4/h5-10,17H,1-4H3. The van der Waals surface area contributed by atoms with Gasteiger partial charge < -0.3 is 14.8 Å². The van der Waals surface area contributed by atoms with Crippen LogP contribution in [0, 0.1) is 13.8 Å². The van der Waals surface area contributed by atoms with Crippen LogP contribution >= 0.6 is 0 Å². The van der Waals surface area contributed by atoms with Crippen LogP contribution in [0.4, 0.5) is 11.4 Å². The highest BCUT2D eigenvalue weighted by Gasteiger charge is 2.04. The van der Waals surface area contributed by atoms with E-state index in [9.17, 15) is 0 Å². The zero-order valence-corrected chi connectivity index (χ0v) is 11.8. The zero-order chi connectivity index (χ0) is 13.8. The quantitative estimate of drug-likeness (QED) is 0.895. The summed E-state index contributed by atoms with van der Waals surface area (Å²) in [7, 11) is 3.30. The van der Waals surface area contributed by atoms with Gasteiger partial charge in [-0.05, 0) is 25.5 Å². The second-order valence-corrected chi connectivity index (χ2v) is 4.54. The van der Waals surface area contributed by atoms with Crippen LogP contribution in [0.5, 0.6) is 11.5 Å². The minimum atomic E-state index is 0.770. The van der Waals surface area contributed by atoms with Crippen molar-refractivity contribution in [1.29, 1.82) is 0 Å². The largest absolute Gasteiger partial charge is 0.497 e. The summed E-state index contributed by atoms with van der Waals surface area (Å²) < 4.78 is 10.5. The van der Waals surface area contributed by atoms with Gasteiger partial charge in [-0.15, -0.1) is 0 Å². The van der Waals surface area contributed by atoms with Crippen molar-refractivity contribution >= 4 is 11.4 Å². The predicted octanol–water partition coefficient (Wildman–Crippen LogP) is 4.06. The van der Waals surface area contributed by atoms with Crippen molar-refractivity contribution in [1.82, 2.24) is 0 Å². The Hall–Kier alpha value is -2.16. The minimum absolute atomic E-state index is 0.770. The second-order valence-electron chi connectivity index (χ2n) is 4.54. The lowest BCUT2D eigenvalue weighted by molar-refractivity contribution is 0.395. The van der Waals surface area contributed by atoms with Crippen molar-refractivity contribution in [2.45, 2.75) is 13.8 Å². The van der Waals surface area contributed by atoms with Gasteiger partial charge in [0.15, 0.2) is 0 Å². The van der Waals surface area contributed by atoms with E-state index in [0.717, 1.165) is 22.9 Å². The van der Waals surface area contributed by atoms with Gasteiger partial charge in [0.05, 0.1) is 14.2 Å². The summed E-state index contributed by atoms with van der Waals surface area (Å²) in [4.78, 5) is 0. The Bertz CT molecular complexity index is 557. The van der Waals surface area contributed by atoms with Crippen LogP contribution in [0.2, 0.25) is 0 Å². The fourth-order valence-electron chi connectivity index (χ4n) is 1.99. The predicted molar refractivity (Wildman–Crippen MR) is 78.7 cm³/mol. The van der Waals surface area contributed by atoms with Crippen LogP contribution in [0.1, 0.15) is 11.1 Å². The molecule has 1 N–H and O–H groups in total. The van der Waals surface area contributed by atoms with Crippen LogP contribution in [0.15, 0.2) is 36.4 Å². The topological polar surface area (TPSA) is 30.5 Å². The molecule has 100 valence electrons. The van der Waals surface area contributed by atoms with Gasteiger partial charge in [-0.3, -0.25) is 0 Å². The first kappa shape index (κ1) is 13.3. The van der Waals surface area contributed by atoms with Crippen LogP contribution in [0.25, 0.3) is 0 Å². The molecule has 0 bridgehead atoms. The van der Waals surface area contributed by atoms with Gasteiger partial charge >= 0.3 is 0 Å². The fraction of sp³-hybridized carbons (Fsp3) is 0.250. The number of rotatable bonds is 4. The number of ether oxygens (including phenoxy) is 2. The highest BCUT2D eigenvalue weighted by molar-refractivity contribution is 5.66. The summed E-state index contributed by atoms with van der Waals surface area (Å²) in [5.74, 6) is 1.54. The first-order valence-electron chi connectivity index (χ1n) is 6.19. The van der Waals surface area contributed by atoms with Crippen molar-refractivity contribution in [2.75, 3.05) is 19.5 Å². The molecule has 2 aromatic rings. The number of hydrogen-bond acceptors (Lipinski definition) is 3. The average molecular weight is 257 g/mol. The highest BCUT2D eigenvalue weighted by atomic mass is 16.5. The first-order valence-corrected chi connectivity index (χ1v) is 6.19. The molecule has 2 aromatic carbocycles. The molecule has 0 heterocycles. The van der Waals surface area contributed by atoms with Gasteiger partial charge in [-0.1, -0.05) is 17.7 Å². The summed E-state index contributed by atoms with van der Waals surface area (Å²) in [5, 5.41) is 3.39. The molecule has 3 heteroatoms. The molecule has 0 aromatic heterocycles. The van der Waals surface area contributed by atoms with Crippen LogP contribution in [0.3, 0.4) is 0 Å². The van der Waals surface area contributed by atoms with Gasteiger partial charge in [-0.25, -0.2) is 0 Å². The van der Waals surface area contributed by atoms with E-state index < -0.39 is 0 Å². The number of nitrogens with one attached hydrogen (secondary N) is 1. The van der Waals surface area contributed by atoms with Crippen LogP contribution in [-0.4, -0.2) is 14.2 Å². The first-order chi connectivity index (χ1) is 9.12. The van der Waals surface area contributed by atoms with Gasteiger partial charge in [0.2, 0.25) is 0 Å². The van der Waals surface area contributed by atoms with Gasteiger partial charge in [0.25, 0.3) is 0 Å². The van der Waals surface area contributed by atoms with Crippen LogP contribution in [-0.2, 0) is 0 Å². The summed E-state index contributed by atoms with van der Waals surface area (Å²) in [6.07, 6.45) is 0. The van der Waals surface area contributed by atoms with Crippen molar-refractivity contribution in [3.8, 4) is 11.5 Å². The van der Waals surface area contributed by atoms with E-state index in [1.807, 2.05) is 18.2 Å². The summed E-state index contributed by atoms with van der Waals surface area (Å²) in [6, 6.07) is 12.1. The summed E-state index contributed by atoms with van der Waals surface area (Å²) >= 11 is 0. The van der Waals surface area contributed by atoms with Crippen molar-refractivity contribution in [2.24, 2.45) is 0 Å². The Morgan fingerprint density at radius 1 is 0.842 bits per heavy atom. The smallest absolute Gasteiger partial charge is 0.124 e. The minimum Gasteiger partial charge on any atom is -0.497 e. The molecule has 19 heavy (non-hydrogen) atoms. The molecule has 0 aliphatic rings. The molecule has 0 saturated carbocycles. The molecule has 0 amide bonds. The molecule has 0 atom stereocenters. The van der Waals surface area contributed by atoms with Crippen LogP contribution < -0.4 is 14.8 Å². The Labute approximate surface area is 114 Å². The maximum Gasteiger partial charge on any atom is 0.124 e. The maximum atomic E-state index is 5.26. The molecule has 0 aliphatic carbocycles. The zero-order valence-electron chi connectivity index (χ0n) is 11.8. The highest BCUT2D eigenvalue weighted by Crippen LogP contribution is 2.29. The third-order valence-electron chi connectivity index (χ3n) is 3.01. The number of methoxy groups -OCH3 is 2. The van der Waals surface area contributed by atoms with E-state index in [0.29, 0.717) is 0 Å². The number of benzene rings is 2. The van der Waals surface area contributed by atoms with Gasteiger partial charge in [0.1, 0.15) is 11.5 Å².